The summed E-state index contributed by atoms with van der Waals surface area (Å²) in [6.45, 7) is 4.53. The van der Waals surface area contributed by atoms with Crippen LogP contribution in [0.5, 0.6) is 0 Å². The van der Waals surface area contributed by atoms with E-state index in [9.17, 15) is 4.79 Å². The maximum absolute atomic E-state index is 12.6. The Hall–Kier alpha value is -2.29. The van der Waals surface area contributed by atoms with E-state index in [1.807, 2.05) is 41.8 Å². The summed E-state index contributed by atoms with van der Waals surface area (Å²) in [5, 5.41) is 12.5. The molecule has 0 bridgehead atoms. The first-order valence-electron chi connectivity index (χ1n) is 10.5. The SMILES string of the molecule is Cc1ccc(-n2cnnc2SCC(=O)NCC(c2ccco2)N2CCCCC2)cc1Cl. The number of likely N-dealkylation sites (tertiary alicyclic amines) is 1. The van der Waals surface area contributed by atoms with Gasteiger partial charge < -0.3 is 9.73 Å². The number of rotatable bonds is 8. The number of aryl methyl sites for hydroxylation is 1. The molecule has 1 atom stereocenters. The molecule has 3 aromatic rings. The van der Waals surface area contributed by atoms with Crippen molar-refractivity contribution in [3.8, 4) is 5.69 Å². The van der Waals surface area contributed by atoms with Crippen LogP contribution in [0, 0.1) is 6.92 Å². The molecule has 164 valence electrons. The first-order chi connectivity index (χ1) is 15.1. The highest BCUT2D eigenvalue weighted by Crippen LogP contribution is 2.26. The van der Waals surface area contributed by atoms with Gasteiger partial charge in [0.25, 0.3) is 0 Å². The van der Waals surface area contributed by atoms with E-state index in [4.69, 9.17) is 16.0 Å². The fourth-order valence-corrected chi connectivity index (χ4v) is 4.68. The lowest BCUT2D eigenvalue weighted by molar-refractivity contribution is -0.118. The van der Waals surface area contributed by atoms with Crippen molar-refractivity contribution in [3.05, 3.63) is 59.3 Å². The van der Waals surface area contributed by atoms with Crippen LogP contribution < -0.4 is 5.32 Å². The van der Waals surface area contributed by atoms with Gasteiger partial charge in [0, 0.05) is 11.6 Å². The number of aromatic nitrogens is 3. The van der Waals surface area contributed by atoms with Crippen LogP contribution in [-0.2, 0) is 4.79 Å². The van der Waals surface area contributed by atoms with Gasteiger partial charge in [-0.2, -0.15) is 0 Å². The molecule has 1 fully saturated rings. The Labute approximate surface area is 191 Å². The Morgan fingerprint density at radius 2 is 2.13 bits per heavy atom. The largest absolute Gasteiger partial charge is 0.468 e. The molecule has 1 saturated heterocycles. The fraction of sp³-hybridized carbons (Fsp3) is 0.409. The summed E-state index contributed by atoms with van der Waals surface area (Å²) in [6.07, 6.45) is 6.94. The van der Waals surface area contributed by atoms with Crippen molar-refractivity contribution in [2.24, 2.45) is 0 Å². The summed E-state index contributed by atoms with van der Waals surface area (Å²) in [6, 6.07) is 9.72. The Bertz CT molecular complexity index is 1000. The molecule has 1 unspecified atom stereocenters. The number of carbonyl (C=O) groups is 1. The van der Waals surface area contributed by atoms with Gasteiger partial charge in [-0.15, -0.1) is 10.2 Å². The molecule has 31 heavy (non-hydrogen) atoms. The summed E-state index contributed by atoms with van der Waals surface area (Å²) in [4.78, 5) is 15.0. The summed E-state index contributed by atoms with van der Waals surface area (Å²) >= 11 is 7.60. The molecule has 1 N–H and O–H groups in total. The molecule has 4 rings (SSSR count). The maximum Gasteiger partial charge on any atom is 0.230 e. The summed E-state index contributed by atoms with van der Waals surface area (Å²) < 4.78 is 7.49. The number of hydrogen-bond acceptors (Lipinski definition) is 6. The molecule has 3 heterocycles. The highest BCUT2D eigenvalue weighted by molar-refractivity contribution is 7.99. The van der Waals surface area contributed by atoms with Crippen LogP contribution in [0.2, 0.25) is 5.02 Å². The molecule has 1 amide bonds. The van der Waals surface area contributed by atoms with Gasteiger partial charge in [0.1, 0.15) is 12.1 Å². The van der Waals surface area contributed by atoms with Crippen LogP contribution in [0.25, 0.3) is 5.69 Å². The highest BCUT2D eigenvalue weighted by atomic mass is 35.5. The Morgan fingerprint density at radius 3 is 2.87 bits per heavy atom. The molecule has 1 aromatic carbocycles. The number of hydrogen-bond donors (Lipinski definition) is 1. The molecule has 0 saturated carbocycles. The van der Waals surface area contributed by atoms with Crippen molar-refractivity contribution in [1.82, 2.24) is 25.0 Å². The van der Waals surface area contributed by atoms with Crippen LogP contribution in [0.4, 0.5) is 0 Å². The standard InChI is InChI=1S/C22H26ClN5O2S/c1-16-7-8-17(12-18(16)23)28-15-25-26-22(28)31-14-21(29)24-13-19(20-6-5-11-30-20)27-9-3-2-4-10-27/h5-8,11-12,15,19H,2-4,9-10,13-14H2,1H3,(H,24,29). The van der Waals surface area contributed by atoms with E-state index in [0.29, 0.717) is 16.7 Å². The number of furan rings is 1. The van der Waals surface area contributed by atoms with Gasteiger partial charge in [0.05, 0.1) is 23.7 Å². The van der Waals surface area contributed by atoms with Gasteiger partial charge in [-0.25, -0.2) is 0 Å². The molecule has 1 aliphatic heterocycles. The predicted octanol–water partition coefficient (Wildman–Crippen LogP) is 4.26. The predicted molar refractivity (Wildman–Crippen MR) is 122 cm³/mol. The number of halogens is 1. The van der Waals surface area contributed by atoms with E-state index in [-0.39, 0.29) is 17.7 Å². The average Bonchev–Trinajstić information content (AvgIpc) is 3.47. The van der Waals surface area contributed by atoms with Gasteiger partial charge >= 0.3 is 0 Å². The average molecular weight is 460 g/mol. The minimum atomic E-state index is -0.0462. The zero-order chi connectivity index (χ0) is 21.6. The van der Waals surface area contributed by atoms with Crippen molar-refractivity contribution in [3.63, 3.8) is 0 Å². The van der Waals surface area contributed by atoms with E-state index in [0.717, 1.165) is 30.1 Å². The smallest absolute Gasteiger partial charge is 0.230 e. The van der Waals surface area contributed by atoms with Crippen LogP contribution in [0.15, 0.2) is 52.5 Å². The molecular formula is C22H26ClN5O2S. The number of nitrogens with zero attached hydrogens (tertiary/aromatic N) is 4. The number of carbonyl (C=O) groups excluding carboxylic acids is 1. The van der Waals surface area contributed by atoms with Crippen LogP contribution in [0.3, 0.4) is 0 Å². The molecule has 0 aliphatic carbocycles. The van der Waals surface area contributed by atoms with Crippen LogP contribution in [0.1, 0.15) is 36.6 Å². The fourth-order valence-electron chi connectivity index (χ4n) is 3.74. The number of benzene rings is 1. The van der Waals surface area contributed by atoms with Crippen molar-refractivity contribution in [1.29, 1.82) is 0 Å². The molecule has 0 spiro atoms. The Balaban J connectivity index is 1.35. The van der Waals surface area contributed by atoms with E-state index >= 15 is 0 Å². The van der Waals surface area contributed by atoms with E-state index in [1.54, 1.807) is 12.6 Å². The van der Waals surface area contributed by atoms with E-state index in [1.165, 1.54) is 31.0 Å². The monoisotopic (exact) mass is 459 g/mol. The molecule has 2 aromatic heterocycles. The Morgan fingerprint density at radius 1 is 1.29 bits per heavy atom. The molecule has 1 aliphatic rings. The lowest BCUT2D eigenvalue weighted by Crippen LogP contribution is -2.40. The van der Waals surface area contributed by atoms with Crippen molar-refractivity contribution in [2.45, 2.75) is 37.4 Å². The number of nitrogens with one attached hydrogen (secondary N) is 1. The second-order valence-electron chi connectivity index (χ2n) is 7.64. The maximum atomic E-state index is 12.6. The number of amides is 1. The van der Waals surface area contributed by atoms with Crippen molar-refractivity contribution >= 4 is 29.3 Å². The minimum absolute atomic E-state index is 0.0462. The quantitative estimate of drug-likeness (QED) is 0.507. The minimum Gasteiger partial charge on any atom is -0.468 e. The zero-order valence-electron chi connectivity index (χ0n) is 17.5. The van der Waals surface area contributed by atoms with Crippen LogP contribution >= 0.6 is 23.4 Å². The van der Waals surface area contributed by atoms with Crippen LogP contribution in [-0.4, -0.2) is 51.0 Å². The zero-order valence-corrected chi connectivity index (χ0v) is 19.0. The number of piperidine rings is 1. The first kappa shape index (κ1) is 21.9. The van der Waals surface area contributed by atoms with Gasteiger partial charge in [-0.1, -0.05) is 35.9 Å². The van der Waals surface area contributed by atoms with E-state index < -0.39 is 0 Å². The van der Waals surface area contributed by atoms with Gasteiger partial charge in [-0.3, -0.25) is 14.3 Å². The van der Waals surface area contributed by atoms with Crippen molar-refractivity contribution in [2.75, 3.05) is 25.4 Å². The third-order valence-corrected chi connectivity index (χ3v) is 6.83. The Kier molecular flexibility index (Phi) is 7.32. The van der Waals surface area contributed by atoms with E-state index in [2.05, 4.69) is 20.4 Å². The lowest BCUT2D eigenvalue weighted by Gasteiger charge is -2.33. The molecule has 9 heteroatoms. The second kappa shape index (κ2) is 10.3. The van der Waals surface area contributed by atoms with Gasteiger partial charge in [0.2, 0.25) is 5.91 Å². The number of thioether (sulfide) groups is 1. The third-order valence-electron chi connectivity index (χ3n) is 5.48. The third kappa shape index (κ3) is 5.50. The van der Waals surface area contributed by atoms with Gasteiger partial charge in [0.15, 0.2) is 5.16 Å². The lowest BCUT2D eigenvalue weighted by atomic mass is 10.1. The van der Waals surface area contributed by atoms with Crippen molar-refractivity contribution < 1.29 is 9.21 Å². The molecule has 7 nitrogen and oxygen atoms in total. The highest BCUT2D eigenvalue weighted by Gasteiger charge is 2.25. The second-order valence-corrected chi connectivity index (χ2v) is 8.99. The van der Waals surface area contributed by atoms with Gasteiger partial charge in [-0.05, 0) is 62.7 Å². The first-order valence-corrected chi connectivity index (χ1v) is 11.8. The summed E-state index contributed by atoms with van der Waals surface area (Å²) in [5.41, 5.74) is 1.87. The summed E-state index contributed by atoms with van der Waals surface area (Å²) in [5.74, 6) is 1.10. The molecule has 0 radical (unpaired) electrons. The normalized spacial score (nSPS) is 15.7. The molecular weight excluding hydrogens is 434 g/mol. The topological polar surface area (TPSA) is 76.2 Å². The summed E-state index contributed by atoms with van der Waals surface area (Å²) in [7, 11) is 0.